The Morgan fingerprint density at radius 3 is 1.57 bits per heavy atom. The van der Waals surface area contributed by atoms with Crippen LogP contribution in [0.2, 0.25) is 0 Å². The minimum absolute atomic E-state index is 0.244. The maximum atomic E-state index is 6.31. The largest absolute Gasteiger partial charge is 0.368 e. The third-order valence-corrected chi connectivity index (χ3v) is 6.38. The zero-order valence-electron chi connectivity index (χ0n) is 18.2. The summed E-state index contributed by atoms with van der Waals surface area (Å²) in [5.41, 5.74) is 0.919. The summed E-state index contributed by atoms with van der Waals surface area (Å²) in [5.74, 6) is 0. The zero-order chi connectivity index (χ0) is 20.9. The van der Waals surface area contributed by atoms with E-state index in [1.165, 1.54) is 48.7 Å². The second-order valence-corrected chi connectivity index (χ2v) is 9.01. The van der Waals surface area contributed by atoms with Crippen LogP contribution in [0, 0.1) is 0 Å². The predicted molar refractivity (Wildman–Crippen MR) is 130 cm³/mol. The predicted octanol–water partition coefficient (Wildman–Crippen LogP) is 8.35. The van der Waals surface area contributed by atoms with E-state index in [0.717, 1.165) is 6.42 Å². The van der Waals surface area contributed by atoms with Crippen LogP contribution < -0.4 is 0 Å². The third kappa shape index (κ3) is 3.34. The lowest BCUT2D eigenvalue weighted by Gasteiger charge is -2.29. The van der Waals surface area contributed by atoms with Gasteiger partial charge in [0.1, 0.15) is 0 Å². The standard InChI is InChI=1S/C29H28O/c1-5-19(2)30-29(3,4)28-11-10-22-14-25-15-23-12-20-8-6-7-9-21(20)13-24(23)16-26(25)17-27(22)18-28/h6-19H,5H2,1-4H3. The minimum Gasteiger partial charge on any atom is -0.368 e. The molecule has 1 atom stereocenters. The van der Waals surface area contributed by atoms with Gasteiger partial charge in [-0.15, -0.1) is 0 Å². The van der Waals surface area contributed by atoms with Gasteiger partial charge in [0.05, 0.1) is 11.7 Å². The van der Waals surface area contributed by atoms with Gasteiger partial charge in [0.15, 0.2) is 0 Å². The van der Waals surface area contributed by atoms with Gasteiger partial charge in [-0.3, -0.25) is 0 Å². The van der Waals surface area contributed by atoms with E-state index in [1.807, 2.05) is 0 Å². The summed E-state index contributed by atoms with van der Waals surface area (Å²) in [4.78, 5) is 0. The molecule has 150 valence electrons. The van der Waals surface area contributed by atoms with Crippen LogP contribution in [0.25, 0.3) is 43.1 Å². The van der Waals surface area contributed by atoms with E-state index in [0.29, 0.717) is 0 Å². The van der Waals surface area contributed by atoms with Crippen LogP contribution in [0.1, 0.15) is 39.7 Å². The highest BCUT2D eigenvalue weighted by Gasteiger charge is 2.23. The Morgan fingerprint density at radius 2 is 1.07 bits per heavy atom. The molecule has 0 bridgehead atoms. The van der Waals surface area contributed by atoms with Gasteiger partial charge in [0.25, 0.3) is 0 Å². The third-order valence-electron chi connectivity index (χ3n) is 6.38. The molecule has 0 saturated carbocycles. The molecule has 0 radical (unpaired) electrons. The van der Waals surface area contributed by atoms with E-state index in [1.54, 1.807) is 0 Å². The molecule has 5 aromatic rings. The molecule has 5 rings (SSSR count). The van der Waals surface area contributed by atoms with Crippen LogP contribution in [-0.4, -0.2) is 6.10 Å². The molecule has 0 aromatic heterocycles. The van der Waals surface area contributed by atoms with E-state index in [2.05, 4.69) is 107 Å². The first-order valence-corrected chi connectivity index (χ1v) is 10.9. The Morgan fingerprint density at radius 1 is 0.633 bits per heavy atom. The summed E-state index contributed by atoms with van der Waals surface area (Å²) >= 11 is 0. The molecule has 1 unspecified atom stereocenters. The fraction of sp³-hybridized carbons (Fsp3) is 0.241. The highest BCUT2D eigenvalue weighted by molar-refractivity contribution is 6.08. The van der Waals surface area contributed by atoms with Crippen molar-refractivity contribution in [3.63, 3.8) is 0 Å². The van der Waals surface area contributed by atoms with Crippen LogP contribution in [0.3, 0.4) is 0 Å². The maximum absolute atomic E-state index is 6.31. The number of rotatable bonds is 4. The fourth-order valence-corrected chi connectivity index (χ4v) is 4.47. The second-order valence-electron chi connectivity index (χ2n) is 9.01. The zero-order valence-corrected chi connectivity index (χ0v) is 18.2. The Bertz CT molecular complexity index is 1390. The Hall–Kier alpha value is -2.90. The topological polar surface area (TPSA) is 9.23 Å². The summed E-state index contributed by atoms with van der Waals surface area (Å²) in [6.45, 7) is 8.64. The van der Waals surface area contributed by atoms with Gasteiger partial charge in [-0.2, -0.15) is 0 Å². The molecule has 0 saturated heterocycles. The van der Waals surface area contributed by atoms with Gasteiger partial charge in [-0.25, -0.2) is 0 Å². The molecule has 0 amide bonds. The quantitative estimate of drug-likeness (QED) is 0.279. The van der Waals surface area contributed by atoms with E-state index in [9.17, 15) is 0 Å². The van der Waals surface area contributed by atoms with Crippen molar-refractivity contribution in [2.45, 2.75) is 45.8 Å². The van der Waals surface area contributed by atoms with E-state index in [-0.39, 0.29) is 11.7 Å². The van der Waals surface area contributed by atoms with Crippen molar-refractivity contribution >= 4 is 43.1 Å². The van der Waals surface area contributed by atoms with Crippen molar-refractivity contribution in [1.29, 1.82) is 0 Å². The van der Waals surface area contributed by atoms with Crippen molar-refractivity contribution in [3.05, 3.63) is 84.4 Å². The number of hydrogen-bond acceptors (Lipinski definition) is 1. The molecule has 0 aliphatic rings. The van der Waals surface area contributed by atoms with Crippen LogP contribution in [0.5, 0.6) is 0 Å². The molecule has 1 nitrogen and oxygen atoms in total. The van der Waals surface area contributed by atoms with E-state index >= 15 is 0 Å². The second kappa shape index (κ2) is 7.11. The van der Waals surface area contributed by atoms with Crippen LogP contribution in [0.4, 0.5) is 0 Å². The molecule has 0 aliphatic carbocycles. The first-order chi connectivity index (χ1) is 14.4. The van der Waals surface area contributed by atoms with Crippen molar-refractivity contribution in [2.24, 2.45) is 0 Å². The van der Waals surface area contributed by atoms with Crippen molar-refractivity contribution in [3.8, 4) is 0 Å². The smallest absolute Gasteiger partial charge is 0.0879 e. The summed E-state index contributed by atoms with van der Waals surface area (Å²) in [6.07, 6.45) is 1.26. The lowest BCUT2D eigenvalue weighted by molar-refractivity contribution is -0.0691. The lowest BCUT2D eigenvalue weighted by Crippen LogP contribution is -2.26. The van der Waals surface area contributed by atoms with Gasteiger partial charge in [0, 0.05) is 0 Å². The molecule has 5 aromatic carbocycles. The first kappa shape index (κ1) is 19.1. The van der Waals surface area contributed by atoms with Gasteiger partial charge in [-0.1, -0.05) is 43.3 Å². The van der Waals surface area contributed by atoms with E-state index in [4.69, 9.17) is 4.74 Å². The van der Waals surface area contributed by atoms with Gasteiger partial charge >= 0.3 is 0 Å². The normalized spacial score (nSPS) is 13.5. The van der Waals surface area contributed by atoms with Crippen LogP contribution in [-0.2, 0) is 10.3 Å². The van der Waals surface area contributed by atoms with Gasteiger partial charge in [-0.05, 0) is 118 Å². The average molecular weight is 393 g/mol. The summed E-state index contributed by atoms with van der Waals surface area (Å²) in [5, 5.41) is 10.3. The highest BCUT2D eigenvalue weighted by atomic mass is 16.5. The number of hydrogen-bond donors (Lipinski definition) is 0. The van der Waals surface area contributed by atoms with Gasteiger partial charge < -0.3 is 4.74 Å². The highest BCUT2D eigenvalue weighted by Crippen LogP contribution is 2.33. The summed E-state index contributed by atoms with van der Waals surface area (Å²) in [6, 6.07) is 29.2. The number of fused-ring (bicyclic) bond motifs is 4. The van der Waals surface area contributed by atoms with Crippen LogP contribution in [0.15, 0.2) is 78.9 Å². The minimum atomic E-state index is -0.305. The average Bonchev–Trinajstić information content (AvgIpc) is 2.74. The lowest BCUT2D eigenvalue weighted by atomic mass is 9.93. The molecule has 0 fully saturated rings. The Balaban J connectivity index is 1.66. The summed E-state index contributed by atoms with van der Waals surface area (Å²) in [7, 11) is 0. The molecular weight excluding hydrogens is 364 g/mol. The molecule has 0 N–H and O–H groups in total. The first-order valence-electron chi connectivity index (χ1n) is 10.9. The van der Waals surface area contributed by atoms with Crippen molar-refractivity contribution < 1.29 is 4.74 Å². The molecule has 0 heterocycles. The molecule has 0 spiro atoms. The number of benzene rings is 5. The van der Waals surface area contributed by atoms with E-state index < -0.39 is 0 Å². The Kier molecular flexibility index (Phi) is 4.52. The van der Waals surface area contributed by atoms with Crippen molar-refractivity contribution in [1.82, 2.24) is 0 Å². The van der Waals surface area contributed by atoms with Crippen molar-refractivity contribution in [2.75, 3.05) is 0 Å². The summed E-state index contributed by atoms with van der Waals surface area (Å²) < 4.78 is 6.31. The molecule has 30 heavy (non-hydrogen) atoms. The SMILES string of the molecule is CCC(C)OC(C)(C)c1ccc2cc3cc4cc5ccccc5cc4cc3cc2c1. The monoisotopic (exact) mass is 392 g/mol. The van der Waals surface area contributed by atoms with Gasteiger partial charge in [0.2, 0.25) is 0 Å². The fourth-order valence-electron chi connectivity index (χ4n) is 4.47. The Labute approximate surface area is 178 Å². The van der Waals surface area contributed by atoms with Crippen LogP contribution >= 0.6 is 0 Å². The molecular formula is C29H28O. The maximum Gasteiger partial charge on any atom is 0.0879 e. The molecule has 1 heteroatoms. The number of ether oxygens (including phenoxy) is 1. The molecule has 0 aliphatic heterocycles.